The number of nitrogens with two attached hydrogens (primary N) is 1. The van der Waals surface area contributed by atoms with Crippen molar-refractivity contribution in [1.29, 1.82) is 0 Å². The van der Waals surface area contributed by atoms with E-state index in [1.54, 1.807) is 12.3 Å². The lowest BCUT2D eigenvalue weighted by Gasteiger charge is -2.29. The molecule has 90 valence electrons. The van der Waals surface area contributed by atoms with E-state index in [0.717, 1.165) is 0 Å². The molecule has 0 unspecified atom stereocenters. The monoisotopic (exact) mass is 226 g/mol. The third-order valence-electron chi connectivity index (χ3n) is 2.58. The number of aromatic nitrogens is 2. The number of rotatable bonds is 6. The Bertz CT molecular complexity index is 320. The first kappa shape index (κ1) is 12.8. The summed E-state index contributed by atoms with van der Waals surface area (Å²) in [4.78, 5) is 8.17. The Morgan fingerprint density at radius 1 is 1.44 bits per heavy atom. The fourth-order valence-corrected chi connectivity index (χ4v) is 1.25. The lowest BCUT2D eigenvalue weighted by atomic mass is 9.99. The molecule has 1 rings (SSSR count). The van der Waals surface area contributed by atoms with E-state index >= 15 is 0 Å². The van der Waals surface area contributed by atoms with Crippen LogP contribution in [0.1, 0.15) is 19.0 Å². The quantitative estimate of drug-likeness (QED) is 0.520. The molecule has 0 amide bonds. The molecule has 6 heteroatoms. The standard InChI is InChI=1S/C10H18N4O2/c1-2-10(6-15,7-16)14-9-12-4-3-8(5-11)13-9/h3-4,15-16H,2,5-7,11H2,1H3,(H,12,13,14). The second-order valence-electron chi connectivity index (χ2n) is 3.65. The molecule has 0 saturated carbocycles. The number of hydrogen-bond acceptors (Lipinski definition) is 6. The molecule has 1 heterocycles. The Labute approximate surface area is 94.5 Å². The third kappa shape index (κ3) is 2.88. The van der Waals surface area contributed by atoms with Gasteiger partial charge in [0, 0.05) is 12.7 Å². The highest BCUT2D eigenvalue weighted by Gasteiger charge is 2.27. The van der Waals surface area contributed by atoms with E-state index in [-0.39, 0.29) is 13.2 Å². The summed E-state index contributed by atoms with van der Waals surface area (Å²) in [6.45, 7) is 1.83. The average molecular weight is 226 g/mol. The van der Waals surface area contributed by atoms with Crippen LogP contribution in [-0.4, -0.2) is 38.9 Å². The van der Waals surface area contributed by atoms with E-state index in [1.165, 1.54) is 0 Å². The largest absolute Gasteiger partial charge is 0.394 e. The van der Waals surface area contributed by atoms with Crippen molar-refractivity contribution in [2.75, 3.05) is 18.5 Å². The Morgan fingerprint density at radius 2 is 2.12 bits per heavy atom. The summed E-state index contributed by atoms with van der Waals surface area (Å²) in [6.07, 6.45) is 2.16. The van der Waals surface area contributed by atoms with Crippen molar-refractivity contribution in [2.45, 2.75) is 25.4 Å². The van der Waals surface area contributed by atoms with Crippen LogP contribution in [0.3, 0.4) is 0 Å². The van der Waals surface area contributed by atoms with E-state index in [9.17, 15) is 10.2 Å². The fraction of sp³-hybridized carbons (Fsp3) is 0.600. The molecule has 0 aliphatic heterocycles. The Morgan fingerprint density at radius 3 is 2.62 bits per heavy atom. The smallest absolute Gasteiger partial charge is 0.223 e. The molecular formula is C10H18N4O2. The first-order valence-electron chi connectivity index (χ1n) is 5.21. The molecule has 0 fully saturated rings. The third-order valence-corrected chi connectivity index (χ3v) is 2.58. The number of hydrogen-bond donors (Lipinski definition) is 4. The molecule has 0 radical (unpaired) electrons. The molecule has 6 nitrogen and oxygen atoms in total. The van der Waals surface area contributed by atoms with E-state index < -0.39 is 5.54 Å². The Hall–Kier alpha value is -1.24. The minimum Gasteiger partial charge on any atom is -0.394 e. The second kappa shape index (κ2) is 5.74. The summed E-state index contributed by atoms with van der Waals surface area (Å²) < 4.78 is 0. The van der Waals surface area contributed by atoms with Crippen LogP contribution in [-0.2, 0) is 6.54 Å². The molecule has 1 aromatic rings. The number of aliphatic hydroxyl groups excluding tert-OH is 2. The van der Waals surface area contributed by atoms with Crippen LogP contribution in [0, 0.1) is 0 Å². The molecule has 1 aromatic heterocycles. The maximum Gasteiger partial charge on any atom is 0.223 e. The number of aliphatic hydroxyl groups is 2. The van der Waals surface area contributed by atoms with E-state index in [4.69, 9.17) is 5.73 Å². The molecule has 0 bridgehead atoms. The van der Waals surface area contributed by atoms with Gasteiger partial charge in [-0.1, -0.05) is 6.92 Å². The van der Waals surface area contributed by atoms with Gasteiger partial charge in [0.15, 0.2) is 0 Å². The topological polar surface area (TPSA) is 104 Å². The predicted octanol–water partition coefficient (Wildman–Crippen LogP) is -0.519. The molecule has 0 spiro atoms. The van der Waals surface area contributed by atoms with Crippen molar-refractivity contribution in [1.82, 2.24) is 9.97 Å². The first-order chi connectivity index (χ1) is 7.69. The minimum absolute atomic E-state index is 0.184. The maximum atomic E-state index is 9.26. The predicted molar refractivity (Wildman–Crippen MR) is 60.7 cm³/mol. The molecule has 16 heavy (non-hydrogen) atoms. The number of anilines is 1. The van der Waals surface area contributed by atoms with E-state index in [0.29, 0.717) is 24.6 Å². The summed E-state index contributed by atoms with van der Waals surface area (Å²) >= 11 is 0. The van der Waals surface area contributed by atoms with Gasteiger partial charge in [-0.3, -0.25) is 0 Å². The number of nitrogens with zero attached hydrogens (tertiary/aromatic N) is 2. The zero-order valence-corrected chi connectivity index (χ0v) is 9.35. The second-order valence-corrected chi connectivity index (χ2v) is 3.65. The van der Waals surface area contributed by atoms with Crippen molar-refractivity contribution in [2.24, 2.45) is 5.73 Å². The fourth-order valence-electron chi connectivity index (χ4n) is 1.25. The van der Waals surface area contributed by atoms with Gasteiger partial charge in [-0.25, -0.2) is 9.97 Å². The Kier molecular flexibility index (Phi) is 4.60. The first-order valence-corrected chi connectivity index (χ1v) is 5.21. The Balaban J connectivity index is 2.84. The highest BCUT2D eigenvalue weighted by atomic mass is 16.3. The molecule has 0 aliphatic rings. The van der Waals surface area contributed by atoms with Gasteiger partial charge in [0.25, 0.3) is 0 Å². The van der Waals surface area contributed by atoms with Gasteiger partial charge in [-0.15, -0.1) is 0 Å². The van der Waals surface area contributed by atoms with Crippen LogP contribution in [0.15, 0.2) is 12.3 Å². The molecule has 0 saturated heterocycles. The zero-order valence-electron chi connectivity index (χ0n) is 9.35. The highest BCUT2D eigenvalue weighted by molar-refractivity contribution is 5.30. The van der Waals surface area contributed by atoms with Crippen molar-refractivity contribution >= 4 is 5.95 Å². The molecule has 0 aliphatic carbocycles. The van der Waals surface area contributed by atoms with Gasteiger partial charge in [0.1, 0.15) is 0 Å². The lowest BCUT2D eigenvalue weighted by molar-refractivity contribution is 0.132. The van der Waals surface area contributed by atoms with Gasteiger partial charge in [-0.05, 0) is 12.5 Å². The summed E-state index contributed by atoms with van der Waals surface area (Å²) in [6, 6.07) is 1.72. The van der Waals surface area contributed by atoms with Crippen LogP contribution < -0.4 is 11.1 Å². The van der Waals surface area contributed by atoms with Crippen molar-refractivity contribution in [3.8, 4) is 0 Å². The van der Waals surface area contributed by atoms with Gasteiger partial charge in [0.2, 0.25) is 5.95 Å². The van der Waals surface area contributed by atoms with Crippen LogP contribution in [0.25, 0.3) is 0 Å². The summed E-state index contributed by atoms with van der Waals surface area (Å²) in [5, 5.41) is 21.5. The van der Waals surface area contributed by atoms with Crippen molar-refractivity contribution in [3.63, 3.8) is 0 Å². The van der Waals surface area contributed by atoms with Crippen LogP contribution in [0.4, 0.5) is 5.95 Å². The van der Waals surface area contributed by atoms with E-state index in [1.807, 2.05) is 6.92 Å². The molecule has 5 N–H and O–H groups in total. The lowest BCUT2D eigenvalue weighted by Crippen LogP contribution is -2.45. The van der Waals surface area contributed by atoms with Crippen molar-refractivity contribution < 1.29 is 10.2 Å². The summed E-state index contributed by atoms with van der Waals surface area (Å²) in [5.74, 6) is 0.368. The maximum absolute atomic E-state index is 9.26. The van der Waals surface area contributed by atoms with Gasteiger partial charge >= 0.3 is 0 Å². The normalized spacial score (nSPS) is 11.5. The molecular weight excluding hydrogens is 208 g/mol. The summed E-state index contributed by atoms with van der Waals surface area (Å²) in [7, 11) is 0. The van der Waals surface area contributed by atoms with Crippen LogP contribution >= 0.6 is 0 Å². The number of nitrogens with one attached hydrogen (secondary N) is 1. The van der Waals surface area contributed by atoms with Gasteiger partial charge in [-0.2, -0.15) is 0 Å². The van der Waals surface area contributed by atoms with Crippen LogP contribution in [0.2, 0.25) is 0 Å². The van der Waals surface area contributed by atoms with Gasteiger partial charge in [0.05, 0.1) is 24.4 Å². The molecule has 0 aromatic carbocycles. The van der Waals surface area contributed by atoms with E-state index in [2.05, 4.69) is 15.3 Å². The van der Waals surface area contributed by atoms with Crippen molar-refractivity contribution in [3.05, 3.63) is 18.0 Å². The summed E-state index contributed by atoms with van der Waals surface area (Å²) in [5.41, 5.74) is 5.39. The SMILES string of the molecule is CCC(CO)(CO)Nc1nccc(CN)n1. The van der Waals surface area contributed by atoms with Crippen LogP contribution in [0.5, 0.6) is 0 Å². The minimum atomic E-state index is -0.785. The average Bonchev–Trinajstić information content (AvgIpc) is 2.36. The van der Waals surface area contributed by atoms with Gasteiger partial charge < -0.3 is 21.3 Å². The zero-order chi connectivity index (χ0) is 12.0. The molecule has 0 atom stereocenters. The highest BCUT2D eigenvalue weighted by Crippen LogP contribution is 2.14.